The number of likely N-dealkylation sites (tertiary alicyclic amines) is 1. The van der Waals surface area contributed by atoms with Crippen LogP contribution in [0.5, 0.6) is 0 Å². The molecule has 1 amide bonds. The Balaban J connectivity index is 1.76. The molecule has 0 bridgehead atoms. The molecule has 1 fully saturated rings. The fraction of sp³-hybridized carbons (Fsp3) is 0.400. The van der Waals surface area contributed by atoms with Gasteiger partial charge in [0.2, 0.25) is 10.0 Å². The number of benzene rings is 1. The first-order valence-electron chi connectivity index (χ1n) is 7.26. The largest absolute Gasteiger partial charge is 0.337 e. The predicted molar refractivity (Wildman–Crippen MR) is 88.7 cm³/mol. The minimum atomic E-state index is -3.33. The zero-order chi connectivity index (χ0) is 15.7. The Hall–Kier alpha value is -1.44. The third kappa shape index (κ3) is 2.88. The molecule has 22 heavy (non-hydrogen) atoms. The number of hydrogen-bond donors (Lipinski definition) is 1. The van der Waals surface area contributed by atoms with E-state index in [0.717, 1.165) is 10.1 Å². The molecule has 0 aliphatic carbocycles. The van der Waals surface area contributed by atoms with E-state index in [4.69, 9.17) is 0 Å². The fourth-order valence-electron chi connectivity index (χ4n) is 2.77. The van der Waals surface area contributed by atoms with E-state index in [-0.39, 0.29) is 12.5 Å². The molecule has 1 unspecified atom stereocenters. The summed E-state index contributed by atoms with van der Waals surface area (Å²) in [5.74, 6) is -0.0951. The maximum atomic E-state index is 12.6. The summed E-state index contributed by atoms with van der Waals surface area (Å²) >= 11 is 1.64. The molecule has 0 radical (unpaired) electrons. The summed E-state index contributed by atoms with van der Waals surface area (Å²) in [6, 6.07) is 7.61. The van der Waals surface area contributed by atoms with Gasteiger partial charge in [-0.1, -0.05) is 6.92 Å². The number of amides is 1. The van der Waals surface area contributed by atoms with E-state index < -0.39 is 15.3 Å². The number of nitrogens with zero attached hydrogens (tertiary/aromatic N) is 1. The monoisotopic (exact) mass is 338 g/mol. The number of carbonyl (C=O) groups is 1. The van der Waals surface area contributed by atoms with E-state index in [1.165, 1.54) is 0 Å². The second-order valence-corrected chi connectivity index (χ2v) is 8.37. The lowest BCUT2D eigenvalue weighted by Crippen LogP contribution is -2.37. The lowest BCUT2D eigenvalue weighted by molar-refractivity contribution is 0.0793. The molecule has 0 spiro atoms. The van der Waals surface area contributed by atoms with Gasteiger partial charge in [0.15, 0.2) is 0 Å². The van der Waals surface area contributed by atoms with Crippen molar-refractivity contribution in [3.63, 3.8) is 0 Å². The first kappa shape index (κ1) is 15.5. The molecular formula is C15H18N2O3S2. The number of sulfonamides is 1. The third-order valence-electron chi connectivity index (χ3n) is 3.92. The van der Waals surface area contributed by atoms with Crippen LogP contribution < -0.4 is 4.72 Å². The summed E-state index contributed by atoms with van der Waals surface area (Å²) < 4.78 is 27.7. The molecular weight excluding hydrogens is 320 g/mol. The second-order valence-electron chi connectivity index (χ2n) is 5.38. The van der Waals surface area contributed by atoms with Crippen LogP contribution in [0.3, 0.4) is 0 Å². The van der Waals surface area contributed by atoms with Gasteiger partial charge in [-0.2, -0.15) is 0 Å². The van der Waals surface area contributed by atoms with Crippen LogP contribution in [0.1, 0.15) is 23.7 Å². The maximum Gasteiger partial charge on any atom is 0.253 e. The highest BCUT2D eigenvalue weighted by atomic mass is 32.2. The van der Waals surface area contributed by atoms with Crippen LogP contribution in [0.4, 0.5) is 0 Å². The van der Waals surface area contributed by atoms with Crippen molar-refractivity contribution in [2.24, 2.45) is 0 Å². The third-order valence-corrected chi connectivity index (χ3v) is 6.77. The highest BCUT2D eigenvalue weighted by Crippen LogP contribution is 2.24. The number of rotatable bonds is 4. The van der Waals surface area contributed by atoms with Crippen molar-refractivity contribution in [1.82, 2.24) is 9.62 Å². The quantitative estimate of drug-likeness (QED) is 0.928. The van der Waals surface area contributed by atoms with E-state index in [0.29, 0.717) is 25.1 Å². The fourth-order valence-corrected chi connectivity index (χ4v) is 4.97. The number of thiophene rings is 1. The number of nitrogens with one attached hydrogen (secondary N) is 1. The lowest BCUT2D eigenvalue weighted by Gasteiger charge is -2.17. The van der Waals surface area contributed by atoms with Gasteiger partial charge in [0.25, 0.3) is 5.91 Å². The summed E-state index contributed by atoms with van der Waals surface area (Å²) in [7, 11) is -3.33. The van der Waals surface area contributed by atoms with Crippen molar-refractivity contribution in [2.45, 2.75) is 18.6 Å². The van der Waals surface area contributed by atoms with Gasteiger partial charge in [0, 0.05) is 29.9 Å². The molecule has 118 valence electrons. The molecule has 1 aromatic heterocycles. The summed E-state index contributed by atoms with van der Waals surface area (Å²) in [4.78, 5) is 14.2. The van der Waals surface area contributed by atoms with Crippen molar-refractivity contribution in [3.8, 4) is 0 Å². The topological polar surface area (TPSA) is 66.5 Å². The van der Waals surface area contributed by atoms with E-state index in [1.54, 1.807) is 23.2 Å². The molecule has 3 rings (SSSR count). The van der Waals surface area contributed by atoms with Gasteiger partial charge in [-0.3, -0.25) is 4.79 Å². The molecule has 1 N–H and O–H groups in total. The van der Waals surface area contributed by atoms with Crippen molar-refractivity contribution in [1.29, 1.82) is 0 Å². The molecule has 1 saturated heterocycles. The average molecular weight is 338 g/mol. The van der Waals surface area contributed by atoms with Crippen LogP contribution in [0.2, 0.25) is 0 Å². The van der Waals surface area contributed by atoms with Crippen LogP contribution in [0.15, 0.2) is 29.6 Å². The standard InChI is InChI=1S/C15H18N2O3S2/c1-2-16-22(19,20)13-5-7-17(10-13)15(18)12-3-4-14-11(9-12)6-8-21-14/h3-4,6,8-9,13,16H,2,5,7,10H2,1H3. The Morgan fingerprint density at radius 2 is 2.23 bits per heavy atom. The molecule has 2 aromatic rings. The molecule has 2 heterocycles. The summed E-state index contributed by atoms with van der Waals surface area (Å²) in [6.07, 6.45) is 0.488. The molecule has 1 aliphatic heterocycles. The molecule has 1 atom stereocenters. The van der Waals surface area contributed by atoms with Crippen LogP contribution in [0.25, 0.3) is 10.1 Å². The van der Waals surface area contributed by atoms with Gasteiger partial charge >= 0.3 is 0 Å². The van der Waals surface area contributed by atoms with Gasteiger partial charge in [0.05, 0.1) is 5.25 Å². The van der Waals surface area contributed by atoms with Crippen molar-refractivity contribution in [2.75, 3.05) is 19.6 Å². The summed E-state index contributed by atoms with van der Waals surface area (Å²) in [5.41, 5.74) is 0.618. The minimum Gasteiger partial charge on any atom is -0.337 e. The highest BCUT2D eigenvalue weighted by molar-refractivity contribution is 7.90. The normalized spacial score (nSPS) is 19.0. The lowest BCUT2D eigenvalue weighted by atomic mass is 10.1. The molecule has 0 saturated carbocycles. The zero-order valence-corrected chi connectivity index (χ0v) is 13.9. The smallest absolute Gasteiger partial charge is 0.253 e. The van der Waals surface area contributed by atoms with Crippen LogP contribution in [-0.4, -0.2) is 44.1 Å². The molecule has 1 aliphatic rings. The first-order chi connectivity index (χ1) is 10.5. The van der Waals surface area contributed by atoms with E-state index in [1.807, 2.05) is 29.6 Å². The zero-order valence-electron chi connectivity index (χ0n) is 12.3. The Bertz CT molecular complexity index is 798. The van der Waals surface area contributed by atoms with Crippen LogP contribution >= 0.6 is 11.3 Å². The number of hydrogen-bond acceptors (Lipinski definition) is 4. The van der Waals surface area contributed by atoms with Crippen LogP contribution in [-0.2, 0) is 10.0 Å². The second kappa shape index (κ2) is 5.98. The Morgan fingerprint density at radius 3 is 3.00 bits per heavy atom. The van der Waals surface area contributed by atoms with Gasteiger partial charge in [-0.15, -0.1) is 11.3 Å². The Kier molecular flexibility index (Phi) is 4.20. The molecule has 1 aromatic carbocycles. The summed E-state index contributed by atoms with van der Waals surface area (Å²) in [5, 5.41) is 2.53. The predicted octanol–water partition coefficient (Wildman–Crippen LogP) is 2.06. The van der Waals surface area contributed by atoms with Crippen molar-refractivity contribution in [3.05, 3.63) is 35.2 Å². The van der Waals surface area contributed by atoms with Gasteiger partial charge in [-0.25, -0.2) is 13.1 Å². The Morgan fingerprint density at radius 1 is 1.41 bits per heavy atom. The van der Waals surface area contributed by atoms with Crippen molar-refractivity contribution >= 4 is 37.4 Å². The first-order valence-corrected chi connectivity index (χ1v) is 9.69. The highest BCUT2D eigenvalue weighted by Gasteiger charge is 2.35. The minimum absolute atomic E-state index is 0.0951. The average Bonchev–Trinajstić information content (AvgIpc) is 3.15. The Labute approximate surface area is 134 Å². The number of fused-ring (bicyclic) bond motifs is 1. The summed E-state index contributed by atoms with van der Waals surface area (Å²) in [6.45, 7) is 2.87. The van der Waals surface area contributed by atoms with E-state index in [9.17, 15) is 13.2 Å². The molecule has 5 nitrogen and oxygen atoms in total. The van der Waals surface area contributed by atoms with Gasteiger partial charge < -0.3 is 4.90 Å². The van der Waals surface area contributed by atoms with Gasteiger partial charge in [0.1, 0.15) is 0 Å². The van der Waals surface area contributed by atoms with E-state index in [2.05, 4.69) is 4.72 Å². The van der Waals surface area contributed by atoms with Crippen LogP contribution in [0, 0.1) is 0 Å². The SMILES string of the molecule is CCNS(=O)(=O)C1CCN(C(=O)c2ccc3sccc3c2)C1. The number of carbonyl (C=O) groups excluding carboxylic acids is 1. The van der Waals surface area contributed by atoms with Gasteiger partial charge in [-0.05, 0) is 41.5 Å². The van der Waals surface area contributed by atoms with Crippen molar-refractivity contribution < 1.29 is 13.2 Å². The maximum absolute atomic E-state index is 12.6. The molecule has 7 heteroatoms. The van der Waals surface area contributed by atoms with E-state index >= 15 is 0 Å².